The molecule has 1 N–H and O–H groups in total. The van der Waals surface area contributed by atoms with Gasteiger partial charge in [0.2, 0.25) is 0 Å². The Morgan fingerprint density at radius 1 is 1.44 bits per heavy atom. The molecular weight excluding hydrogens is 268 g/mol. The highest BCUT2D eigenvalue weighted by Crippen LogP contribution is 2.18. The third-order valence-electron chi connectivity index (χ3n) is 2.37. The van der Waals surface area contributed by atoms with Crippen molar-refractivity contribution in [3.8, 4) is 6.07 Å². The minimum absolute atomic E-state index is 0.261. The van der Waals surface area contributed by atoms with E-state index in [1.165, 1.54) is 11.3 Å². The van der Waals surface area contributed by atoms with Crippen LogP contribution >= 0.6 is 22.9 Å². The molecule has 1 amide bonds. The molecule has 1 heterocycles. The maximum Gasteiger partial charge on any atom is 0.253 e. The van der Waals surface area contributed by atoms with Crippen LogP contribution in [0.4, 0.5) is 0 Å². The van der Waals surface area contributed by atoms with Gasteiger partial charge >= 0.3 is 0 Å². The molecule has 1 aromatic carbocycles. The first-order valence-corrected chi connectivity index (χ1v) is 6.51. The van der Waals surface area contributed by atoms with Gasteiger partial charge in [-0.1, -0.05) is 23.7 Å². The van der Waals surface area contributed by atoms with E-state index in [9.17, 15) is 4.79 Å². The molecule has 90 valence electrons. The van der Waals surface area contributed by atoms with Crippen LogP contribution in [0.15, 0.2) is 41.1 Å². The number of carbonyl (C=O) groups excluding carboxylic acids is 1. The Morgan fingerprint density at radius 2 is 2.28 bits per heavy atom. The van der Waals surface area contributed by atoms with Gasteiger partial charge in [-0.15, -0.1) is 0 Å². The summed E-state index contributed by atoms with van der Waals surface area (Å²) in [5.74, 6) is -0.261. The highest BCUT2D eigenvalue weighted by Gasteiger charge is 2.15. The lowest BCUT2D eigenvalue weighted by Crippen LogP contribution is -2.27. The van der Waals surface area contributed by atoms with E-state index in [0.29, 0.717) is 16.1 Å². The van der Waals surface area contributed by atoms with E-state index in [-0.39, 0.29) is 5.91 Å². The molecule has 5 heteroatoms. The topological polar surface area (TPSA) is 52.9 Å². The summed E-state index contributed by atoms with van der Waals surface area (Å²) in [6, 6.07) is 9.97. The van der Waals surface area contributed by atoms with Crippen molar-refractivity contribution in [1.82, 2.24) is 5.32 Å². The number of nitrogens with zero attached hydrogens (tertiary/aromatic N) is 1. The van der Waals surface area contributed by atoms with Gasteiger partial charge in [-0.25, -0.2) is 0 Å². The molecule has 2 rings (SSSR count). The number of benzene rings is 1. The van der Waals surface area contributed by atoms with Crippen LogP contribution in [0.2, 0.25) is 5.02 Å². The first-order chi connectivity index (χ1) is 8.70. The molecule has 0 aliphatic heterocycles. The summed E-state index contributed by atoms with van der Waals surface area (Å²) in [5, 5.41) is 15.9. The smallest absolute Gasteiger partial charge is 0.253 e. The van der Waals surface area contributed by atoms with Gasteiger partial charge in [0.05, 0.1) is 11.6 Å². The maximum atomic E-state index is 11.8. The molecule has 18 heavy (non-hydrogen) atoms. The third kappa shape index (κ3) is 2.89. The van der Waals surface area contributed by atoms with Crippen molar-refractivity contribution >= 4 is 28.8 Å². The van der Waals surface area contributed by atoms with Gasteiger partial charge < -0.3 is 5.32 Å². The van der Waals surface area contributed by atoms with Crippen LogP contribution in [0, 0.1) is 11.3 Å². The Morgan fingerprint density at radius 3 is 2.89 bits per heavy atom. The molecule has 0 unspecified atom stereocenters. The van der Waals surface area contributed by atoms with Crippen molar-refractivity contribution in [2.75, 3.05) is 0 Å². The highest BCUT2D eigenvalue weighted by molar-refractivity contribution is 7.08. The zero-order valence-corrected chi connectivity index (χ0v) is 10.8. The maximum absolute atomic E-state index is 11.8. The molecule has 0 fully saturated rings. The van der Waals surface area contributed by atoms with Gasteiger partial charge in [0.15, 0.2) is 0 Å². The van der Waals surface area contributed by atoms with E-state index in [1.807, 2.05) is 5.38 Å². The molecule has 2 aromatic rings. The number of rotatable bonds is 3. The Hall–Kier alpha value is -1.83. The van der Waals surface area contributed by atoms with Gasteiger partial charge in [-0.2, -0.15) is 16.6 Å². The molecule has 0 spiro atoms. The molecule has 1 aromatic heterocycles. The molecule has 0 bridgehead atoms. The number of halogens is 1. The second-order valence-electron chi connectivity index (χ2n) is 3.60. The predicted octanol–water partition coefficient (Wildman–Crippen LogP) is 3.40. The van der Waals surface area contributed by atoms with Crippen molar-refractivity contribution in [3.63, 3.8) is 0 Å². The second-order valence-corrected chi connectivity index (χ2v) is 4.82. The SMILES string of the molecule is N#C[C@@H](NC(=O)c1ccsc1)c1cccc(Cl)c1. The lowest BCUT2D eigenvalue weighted by atomic mass is 10.1. The second kappa shape index (κ2) is 5.67. The van der Waals surface area contributed by atoms with Crippen LogP contribution in [-0.2, 0) is 0 Å². The van der Waals surface area contributed by atoms with Crippen LogP contribution in [0.25, 0.3) is 0 Å². The summed E-state index contributed by atoms with van der Waals surface area (Å²) in [5.41, 5.74) is 1.23. The summed E-state index contributed by atoms with van der Waals surface area (Å²) in [6.45, 7) is 0. The largest absolute Gasteiger partial charge is 0.332 e. The molecule has 0 aliphatic rings. The lowest BCUT2D eigenvalue weighted by molar-refractivity contribution is 0.0945. The summed E-state index contributed by atoms with van der Waals surface area (Å²) in [4.78, 5) is 11.8. The van der Waals surface area contributed by atoms with Crippen LogP contribution in [0.3, 0.4) is 0 Å². The normalized spacial score (nSPS) is 11.6. The Balaban J connectivity index is 2.16. The zero-order chi connectivity index (χ0) is 13.0. The molecule has 0 aliphatic carbocycles. The van der Waals surface area contributed by atoms with Crippen molar-refractivity contribution in [1.29, 1.82) is 5.26 Å². The molecule has 0 saturated heterocycles. The average molecular weight is 277 g/mol. The lowest BCUT2D eigenvalue weighted by Gasteiger charge is -2.11. The van der Waals surface area contributed by atoms with E-state index >= 15 is 0 Å². The zero-order valence-electron chi connectivity index (χ0n) is 9.26. The number of carbonyl (C=O) groups is 1. The number of nitriles is 1. The summed E-state index contributed by atoms with van der Waals surface area (Å²) < 4.78 is 0. The molecule has 0 radical (unpaired) electrons. The predicted molar refractivity (Wildman–Crippen MR) is 71.6 cm³/mol. The molecule has 1 atom stereocenters. The third-order valence-corrected chi connectivity index (χ3v) is 3.29. The van der Waals surface area contributed by atoms with Crippen LogP contribution in [0.5, 0.6) is 0 Å². The quantitative estimate of drug-likeness (QED) is 0.934. The summed E-state index contributed by atoms with van der Waals surface area (Å²) in [6.07, 6.45) is 0. The van der Waals surface area contributed by atoms with Gasteiger partial charge in [-0.05, 0) is 29.1 Å². The number of thiophene rings is 1. The van der Waals surface area contributed by atoms with Gasteiger partial charge in [0.25, 0.3) is 5.91 Å². The van der Waals surface area contributed by atoms with Crippen molar-refractivity contribution < 1.29 is 4.79 Å². The Labute approximate surface area is 114 Å². The van der Waals surface area contributed by atoms with Crippen molar-refractivity contribution in [2.45, 2.75) is 6.04 Å². The van der Waals surface area contributed by atoms with E-state index in [2.05, 4.69) is 11.4 Å². The van der Waals surface area contributed by atoms with Crippen LogP contribution < -0.4 is 5.32 Å². The van der Waals surface area contributed by atoms with E-state index in [0.717, 1.165) is 0 Å². The van der Waals surface area contributed by atoms with Crippen molar-refractivity contribution in [2.24, 2.45) is 0 Å². The van der Waals surface area contributed by atoms with Gasteiger partial charge in [-0.3, -0.25) is 4.79 Å². The standard InChI is InChI=1S/C13H9ClN2OS/c14-11-3-1-2-9(6-11)12(7-15)16-13(17)10-4-5-18-8-10/h1-6,8,12H,(H,16,17)/t12-/m1/s1. The fraction of sp³-hybridized carbons (Fsp3) is 0.0769. The minimum Gasteiger partial charge on any atom is -0.332 e. The van der Waals surface area contributed by atoms with Crippen LogP contribution in [-0.4, -0.2) is 5.91 Å². The summed E-state index contributed by atoms with van der Waals surface area (Å²) >= 11 is 7.30. The number of nitrogens with one attached hydrogen (secondary N) is 1. The van der Waals surface area contributed by atoms with E-state index in [1.54, 1.807) is 35.7 Å². The van der Waals surface area contributed by atoms with Gasteiger partial charge in [0.1, 0.15) is 6.04 Å². The molecular formula is C13H9ClN2OS. The number of hydrogen-bond acceptors (Lipinski definition) is 3. The number of amides is 1. The van der Waals surface area contributed by atoms with Gasteiger partial charge in [0, 0.05) is 10.4 Å². The fourth-order valence-corrected chi connectivity index (χ4v) is 2.32. The fourth-order valence-electron chi connectivity index (χ4n) is 1.48. The first-order valence-electron chi connectivity index (χ1n) is 5.19. The summed E-state index contributed by atoms with van der Waals surface area (Å²) in [7, 11) is 0. The first kappa shape index (κ1) is 12.6. The Kier molecular flexibility index (Phi) is 3.98. The van der Waals surface area contributed by atoms with Crippen molar-refractivity contribution in [3.05, 3.63) is 57.2 Å². The monoisotopic (exact) mass is 276 g/mol. The molecule has 3 nitrogen and oxygen atoms in total. The average Bonchev–Trinajstić information content (AvgIpc) is 2.89. The van der Waals surface area contributed by atoms with E-state index in [4.69, 9.17) is 16.9 Å². The molecule has 0 saturated carbocycles. The van der Waals surface area contributed by atoms with E-state index < -0.39 is 6.04 Å². The Bertz CT molecular complexity index is 589. The highest BCUT2D eigenvalue weighted by atomic mass is 35.5. The van der Waals surface area contributed by atoms with Crippen LogP contribution in [0.1, 0.15) is 22.0 Å². The minimum atomic E-state index is -0.698. The number of hydrogen-bond donors (Lipinski definition) is 1.